The molecule has 1 unspecified atom stereocenters. The van der Waals surface area contributed by atoms with E-state index in [-0.39, 0.29) is 0 Å². The number of nitrogens with zero attached hydrogens (tertiary/aromatic N) is 1. The quantitative estimate of drug-likeness (QED) is 0.804. The van der Waals surface area contributed by atoms with E-state index >= 15 is 0 Å². The molecule has 3 nitrogen and oxygen atoms in total. The van der Waals surface area contributed by atoms with Crippen molar-refractivity contribution < 1.29 is 0 Å². The van der Waals surface area contributed by atoms with Crippen LogP contribution in [0.5, 0.6) is 0 Å². The second-order valence-corrected chi connectivity index (χ2v) is 5.42. The first-order chi connectivity index (χ1) is 8.66. The minimum absolute atomic E-state index is 0.574. The highest BCUT2D eigenvalue weighted by atomic mass is 15.2. The zero-order valence-electron chi connectivity index (χ0n) is 11.6. The summed E-state index contributed by atoms with van der Waals surface area (Å²) in [4.78, 5) is 2.57. The molecule has 1 aliphatic rings. The summed E-state index contributed by atoms with van der Waals surface area (Å²) < 4.78 is 0. The summed E-state index contributed by atoms with van der Waals surface area (Å²) in [6, 6.07) is 6.72. The highest BCUT2D eigenvalue weighted by Gasteiger charge is 2.16. The maximum atomic E-state index is 5.98. The van der Waals surface area contributed by atoms with Crippen LogP contribution in [0.3, 0.4) is 0 Å². The highest BCUT2D eigenvalue weighted by Crippen LogP contribution is 2.20. The van der Waals surface area contributed by atoms with Gasteiger partial charge in [-0.25, -0.2) is 0 Å². The third-order valence-corrected chi connectivity index (χ3v) is 3.81. The Morgan fingerprint density at radius 2 is 2.00 bits per heavy atom. The number of piperidine rings is 1. The Kier molecular flexibility index (Phi) is 4.48. The van der Waals surface area contributed by atoms with Gasteiger partial charge in [-0.1, -0.05) is 12.5 Å². The lowest BCUT2D eigenvalue weighted by Crippen LogP contribution is -2.41. The Labute approximate surface area is 110 Å². The number of anilines is 2. The fourth-order valence-electron chi connectivity index (χ4n) is 2.57. The number of hydrogen-bond acceptors (Lipinski definition) is 3. The molecule has 0 spiro atoms. The maximum absolute atomic E-state index is 5.98. The van der Waals surface area contributed by atoms with Crippen molar-refractivity contribution in [2.45, 2.75) is 39.2 Å². The van der Waals surface area contributed by atoms with Crippen LogP contribution in [0.25, 0.3) is 0 Å². The third kappa shape index (κ3) is 3.39. The molecule has 1 aromatic carbocycles. The van der Waals surface area contributed by atoms with Gasteiger partial charge in [0.05, 0.1) is 11.4 Å². The second-order valence-electron chi connectivity index (χ2n) is 5.42. The number of likely N-dealkylation sites (tertiary alicyclic amines) is 1. The monoisotopic (exact) mass is 247 g/mol. The van der Waals surface area contributed by atoms with E-state index in [1.807, 2.05) is 6.07 Å². The van der Waals surface area contributed by atoms with Crippen molar-refractivity contribution in [1.29, 1.82) is 0 Å². The predicted molar refractivity (Wildman–Crippen MR) is 79.0 cm³/mol. The van der Waals surface area contributed by atoms with Gasteiger partial charge in [0.1, 0.15) is 0 Å². The van der Waals surface area contributed by atoms with Crippen molar-refractivity contribution in [3.63, 3.8) is 0 Å². The normalized spacial score (nSPS) is 18.6. The number of benzene rings is 1. The smallest absolute Gasteiger partial charge is 0.0577 e. The summed E-state index contributed by atoms with van der Waals surface area (Å²) in [5, 5.41) is 3.48. The molecule has 0 bridgehead atoms. The van der Waals surface area contributed by atoms with Gasteiger partial charge in [0.15, 0.2) is 0 Å². The summed E-state index contributed by atoms with van der Waals surface area (Å²) in [5.74, 6) is 0. The molecule has 1 atom stereocenters. The largest absolute Gasteiger partial charge is 0.397 e. The molecule has 0 radical (unpaired) electrons. The molecule has 0 aliphatic carbocycles. The topological polar surface area (TPSA) is 41.3 Å². The van der Waals surface area contributed by atoms with Crippen molar-refractivity contribution in [1.82, 2.24) is 4.90 Å². The standard InChI is InChI=1S/C15H25N3/c1-12-6-7-14(16)15(10-12)17-11-13(2)18-8-4-3-5-9-18/h6-7,10,13,17H,3-5,8-9,11,16H2,1-2H3. The maximum Gasteiger partial charge on any atom is 0.0577 e. The molecular weight excluding hydrogens is 222 g/mol. The first-order valence-electron chi connectivity index (χ1n) is 7.01. The Hall–Kier alpha value is -1.22. The van der Waals surface area contributed by atoms with Gasteiger partial charge >= 0.3 is 0 Å². The molecule has 100 valence electrons. The summed E-state index contributed by atoms with van der Waals surface area (Å²) in [7, 11) is 0. The average Bonchev–Trinajstić information content (AvgIpc) is 2.40. The summed E-state index contributed by atoms with van der Waals surface area (Å²) >= 11 is 0. The van der Waals surface area contributed by atoms with Crippen LogP contribution >= 0.6 is 0 Å². The highest BCUT2D eigenvalue weighted by molar-refractivity contribution is 5.66. The Balaban J connectivity index is 1.88. The van der Waals surface area contributed by atoms with E-state index < -0.39 is 0 Å². The summed E-state index contributed by atoms with van der Waals surface area (Å²) in [6.07, 6.45) is 4.08. The van der Waals surface area contributed by atoms with Crippen LogP contribution in [0.2, 0.25) is 0 Å². The number of rotatable bonds is 4. The minimum Gasteiger partial charge on any atom is -0.397 e. The van der Waals surface area contributed by atoms with Crippen LogP contribution in [0.15, 0.2) is 18.2 Å². The van der Waals surface area contributed by atoms with E-state index in [0.717, 1.165) is 17.9 Å². The molecule has 3 N–H and O–H groups in total. The van der Waals surface area contributed by atoms with Gasteiger partial charge in [-0.3, -0.25) is 4.90 Å². The van der Waals surface area contributed by atoms with Gasteiger partial charge in [-0.15, -0.1) is 0 Å². The van der Waals surface area contributed by atoms with E-state index in [1.54, 1.807) is 0 Å². The van der Waals surface area contributed by atoms with Crippen LogP contribution in [-0.2, 0) is 0 Å². The molecule has 3 heteroatoms. The van der Waals surface area contributed by atoms with Crippen molar-refractivity contribution in [2.75, 3.05) is 30.7 Å². The number of hydrogen-bond donors (Lipinski definition) is 2. The van der Waals surface area contributed by atoms with Crippen molar-refractivity contribution in [2.24, 2.45) is 0 Å². The van der Waals surface area contributed by atoms with Gasteiger partial charge in [0.25, 0.3) is 0 Å². The van der Waals surface area contributed by atoms with E-state index in [2.05, 4.69) is 36.2 Å². The van der Waals surface area contributed by atoms with Crippen LogP contribution in [-0.4, -0.2) is 30.6 Å². The molecule has 0 saturated carbocycles. The summed E-state index contributed by atoms with van der Waals surface area (Å²) in [6.45, 7) is 7.84. The van der Waals surface area contributed by atoms with Crippen molar-refractivity contribution in [3.8, 4) is 0 Å². The van der Waals surface area contributed by atoms with Gasteiger partial charge in [-0.05, 0) is 57.5 Å². The fraction of sp³-hybridized carbons (Fsp3) is 0.600. The second kappa shape index (κ2) is 6.10. The Morgan fingerprint density at radius 3 is 2.72 bits per heavy atom. The minimum atomic E-state index is 0.574. The van der Waals surface area contributed by atoms with E-state index in [0.29, 0.717) is 6.04 Å². The first-order valence-corrected chi connectivity index (χ1v) is 7.01. The fourth-order valence-corrected chi connectivity index (χ4v) is 2.57. The van der Waals surface area contributed by atoms with Crippen molar-refractivity contribution >= 4 is 11.4 Å². The lowest BCUT2D eigenvalue weighted by atomic mass is 10.1. The van der Waals surface area contributed by atoms with Crippen LogP contribution < -0.4 is 11.1 Å². The molecule has 1 aromatic rings. The van der Waals surface area contributed by atoms with Crippen LogP contribution in [0.4, 0.5) is 11.4 Å². The van der Waals surface area contributed by atoms with Gasteiger partial charge in [0.2, 0.25) is 0 Å². The molecular formula is C15H25N3. The Bertz CT molecular complexity index is 383. The first kappa shape index (κ1) is 13.2. The molecule has 0 aromatic heterocycles. The molecule has 1 saturated heterocycles. The van der Waals surface area contributed by atoms with Gasteiger partial charge < -0.3 is 11.1 Å². The predicted octanol–water partition coefficient (Wildman–Crippen LogP) is 2.86. The van der Waals surface area contributed by atoms with Gasteiger partial charge in [-0.2, -0.15) is 0 Å². The zero-order chi connectivity index (χ0) is 13.0. The summed E-state index contributed by atoms with van der Waals surface area (Å²) in [5.41, 5.74) is 9.13. The van der Waals surface area contributed by atoms with E-state index in [1.165, 1.54) is 37.9 Å². The SMILES string of the molecule is Cc1ccc(N)c(NCC(C)N2CCCCC2)c1. The number of nitrogen functional groups attached to an aromatic ring is 1. The van der Waals surface area contributed by atoms with E-state index in [4.69, 9.17) is 5.73 Å². The molecule has 1 fully saturated rings. The zero-order valence-corrected chi connectivity index (χ0v) is 11.6. The van der Waals surface area contributed by atoms with E-state index in [9.17, 15) is 0 Å². The molecule has 0 amide bonds. The lowest BCUT2D eigenvalue weighted by molar-refractivity contribution is 0.180. The molecule has 1 heterocycles. The third-order valence-electron chi connectivity index (χ3n) is 3.81. The molecule has 1 aliphatic heterocycles. The lowest BCUT2D eigenvalue weighted by Gasteiger charge is -2.32. The van der Waals surface area contributed by atoms with Crippen LogP contribution in [0.1, 0.15) is 31.7 Å². The van der Waals surface area contributed by atoms with Gasteiger partial charge in [0, 0.05) is 12.6 Å². The number of nitrogens with one attached hydrogen (secondary N) is 1. The van der Waals surface area contributed by atoms with Crippen LogP contribution in [0, 0.1) is 6.92 Å². The number of aryl methyl sites for hydroxylation is 1. The molecule has 18 heavy (non-hydrogen) atoms. The van der Waals surface area contributed by atoms with Crippen molar-refractivity contribution in [3.05, 3.63) is 23.8 Å². The average molecular weight is 247 g/mol. The molecule has 2 rings (SSSR count). The Morgan fingerprint density at radius 1 is 1.28 bits per heavy atom. The number of nitrogens with two attached hydrogens (primary N) is 1.